The van der Waals surface area contributed by atoms with Gasteiger partial charge in [-0.1, -0.05) is 30.3 Å². The molecule has 2 aromatic carbocycles. The van der Waals surface area contributed by atoms with Gasteiger partial charge in [0, 0.05) is 19.3 Å². The highest BCUT2D eigenvalue weighted by molar-refractivity contribution is 7.89. The summed E-state index contributed by atoms with van der Waals surface area (Å²) in [5, 5.41) is 0.812. The van der Waals surface area contributed by atoms with E-state index in [4.69, 9.17) is 4.74 Å². The van der Waals surface area contributed by atoms with Crippen LogP contribution in [0.15, 0.2) is 73.2 Å². The maximum atomic E-state index is 13.6. The molecule has 210 valence electrons. The van der Waals surface area contributed by atoms with Crippen LogP contribution >= 0.6 is 0 Å². The number of fused-ring (bicyclic) bond motifs is 1. The van der Waals surface area contributed by atoms with E-state index in [1.165, 1.54) is 13.4 Å². The van der Waals surface area contributed by atoms with Gasteiger partial charge < -0.3 is 9.64 Å². The van der Waals surface area contributed by atoms with Crippen molar-refractivity contribution in [1.82, 2.24) is 19.3 Å². The van der Waals surface area contributed by atoms with Gasteiger partial charge in [-0.15, -0.1) is 0 Å². The maximum absolute atomic E-state index is 13.6. The highest BCUT2D eigenvalue weighted by atomic mass is 32.2. The Kier molecular flexibility index (Phi) is 8.18. The largest absolute Gasteiger partial charge is 0.457 e. The van der Waals surface area contributed by atoms with Gasteiger partial charge in [0.05, 0.1) is 17.1 Å². The fourth-order valence-electron chi connectivity index (χ4n) is 5.49. The van der Waals surface area contributed by atoms with Crippen LogP contribution in [0.2, 0.25) is 0 Å². The molecule has 0 aliphatic heterocycles. The zero-order valence-electron chi connectivity index (χ0n) is 23.0. The molecule has 10 heteroatoms. The van der Waals surface area contributed by atoms with Crippen LogP contribution in [0.3, 0.4) is 0 Å². The minimum Gasteiger partial charge on any atom is -0.457 e. The van der Waals surface area contributed by atoms with E-state index in [1.54, 1.807) is 10.8 Å². The molecular weight excluding hydrogens is 526 g/mol. The van der Waals surface area contributed by atoms with Crippen LogP contribution in [0.25, 0.3) is 11.0 Å². The molecule has 4 aromatic rings. The monoisotopic (exact) mass is 561 g/mol. The Morgan fingerprint density at radius 2 is 1.77 bits per heavy atom. The molecular formula is C30H35N5O4S. The normalized spacial score (nSPS) is 18.4. The van der Waals surface area contributed by atoms with Crippen molar-refractivity contribution in [1.29, 1.82) is 0 Å². The molecule has 1 aliphatic rings. The lowest BCUT2D eigenvalue weighted by Gasteiger charge is -2.35. The second-order valence-electron chi connectivity index (χ2n) is 10.4. The summed E-state index contributed by atoms with van der Waals surface area (Å²) in [6.45, 7) is 1.89. The number of sulfonamides is 1. The van der Waals surface area contributed by atoms with E-state index >= 15 is 0 Å². The molecule has 1 N–H and O–H groups in total. The van der Waals surface area contributed by atoms with Gasteiger partial charge in [0.15, 0.2) is 5.65 Å². The van der Waals surface area contributed by atoms with Crippen molar-refractivity contribution in [3.05, 3.63) is 78.8 Å². The second kappa shape index (κ2) is 11.8. The van der Waals surface area contributed by atoms with Crippen LogP contribution in [0.4, 0.5) is 5.82 Å². The lowest BCUT2D eigenvalue weighted by Crippen LogP contribution is -2.38. The number of carbonyl (C=O) groups excluding carboxylic acids is 1. The minimum atomic E-state index is -3.21. The Hall–Kier alpha value is -3.76. The standard InChI is InChI=1S/C30H35N5O4S/c1-21(23-8-7-11-26(18-23)39-25-9-5-4-6-10-25)30(36)35-17-16-27-28(32-20-33-29(27)35)34(3)24-14-12-22(13-15-24)19-40(37,38)31-2/h4-11,16-18,20-22,24,31H,12-15,19H2,1-3H3/t21?,22-,24-. The molecule has 1 saturated carbocycles. The Bertz CT molecular complexity index is 1580. The van der Waals surface area contributed by atoms with Crippen LogP contribution in [0.5, 0.6) is 11.5 Å². The summed E-state index contributed by atoms with van der Waals surface area (Å²) in [5.74, 6) is 1.99. The van der Waals surface area contributed by atoms with Crippen LogP contribution in [0, 0.1) is 5.92 Å². The third kappa shape index (κ3) is 6.03. The van der Waals surface area contributed by atoms with Crippen molar-refractivity contribution in [2.24, 2.45) is 5.92 Å². The van der Waals surface area contributed by atoms with Crippen molar-refractivity contribution in [3.8, 4) is 11.5 Å². The molecule has 0 amide bonds. The first-order chi connectivity index (χ1) is 19.3. The summed E-state index contributed by atoms with van der Waals surface area (Å²) in [5.41, 5.74) is 1.42. The van der Waals surface area contributed by atoms with Gasteiger partial charge in [0.25, 0.3) is 0 Å². The van der Waals surface area contributed by atoms with Crippen molar-refractivity contribution >= 4 is 32.8 Å². The molecule has 0 radical (unpaired) electrons. The second-order valence-corrected chi connectivity index (χ2v) is 12.4. The number of ether oxygens (including phenoxy) is 1. The molecule has 1 unspecified atom stereocenters. The summed E-state index contributed by atoms with van der Waals surface area (Å²) in [7, 11) is 0.260. The molecule has 2 aromatic heterocycles. The molecule has 9 nitrogen and oxygen atoms in total. The number of nitrogens with one attached hydrogen (secondary N) is 1. The average molecular weight is 562 g/mol. The predicted molar refractivity (Wildman–Crippen MR) is 157 cm³/mol. The molecule has 0 spiro atoms. The number of hydrogen-bond acceptors (Lipinski definition) is 7. The number of aromatic nitrogens is 3. The number of para-hydroxylation sites is 1. The highest BCUT2D eigenvalue weighted by Gasteiger charge is 2.29. The van der Waals surface area contributed by atoms with Gasteiger partial charge in [-0.3, -0.25) is 9.36 Å². The van der Waals surface area contributed by atoms with Gasteiger partial charge in [-0.2, -0.15) is 0 Å². The van der Waals surface area contributed by atoms with Crippen molar-refractivity contribution in [2.45, 2.75) is 44.6 Å². The first kappa shape index (κ1) is 27.8. The van der Waals surface area contributed by atoms with Crippen molar-refractivity contribution in [2.75, 3.05) is 24.7 Å². The average Bonchev–Trinajstić information content (AvgIpc) is 3.41. The van der Waals surface area contributed by atoms with E-state index in [0.717, 1.165) is 48.2 Å². The van der Waals surface area contributed by atoms with Crippen LogP contribution in [-0.4, -0.2) is 54.8 Å². The van der Waals surface area contributed by atoms with E-state index in [1.807, 2.05) is 74.6 Å². The summed E-state index contributed by atoms with van der Waals surface area (Å²) in [6.07, 6.45) is 6.71. The van der Waals surface area contributed by atoms with Gasteiger partial charge in [0.2, 0.25) is 15.9 Å². The van der Waals surface area contributed by atoms with E-state index in [2.05, 4.69) is 19.6 Å². The van der Waals surface area contributed by atoms with E-state index in [-0.39, 0.29) is 23.6 Å². The summed E-state index contributed by atoms with van der Waals surface area (Å²) >= 11 is 0. The number of carbonyl (C=O) groups is 1. The highest BCUT2D eigenvalue weighted by Crippen LogP contribution is 2.33. The van der Waals surface area contributed by atoms with Crippen molar-refractivity contribution < 1.29 is 17.9 Å². The lowest BCUT2D eigenvalue weighted by molar-refractivity contribution is 0.0889. The Labute approximate surface area is 235 Å². The molecule has 0 bridgehead atoms. The lowest BCUT2D eigenvalue weighted by atomic mass is 9.86. The first-order valence-electron chi connectivity index (χ1n) is 13.6. The van der Waals surface area contributed by atoms with E-state index in [0.29, 0.717) is 11.4 Å². The fraction of sp³-hybridized carbons (Fsp3) is 0.367. The number of rotatable bonds is 9. The van der Waals surface area contributed by atoms with Crippen LogP contribution in [0.1, 0.15) is 48.9 Å². The van der Waals surface area contributed by atoms with Crippen molar-refractivity contribution in [3.63, 3.8) is 0 Å². The van der Waals surface area contributed by atoms with Gasteiger partial charge in [0.1, 0.15) is 23.6 Å². The smallest absolute Gasteiger partial charge is 0.239 e. The number of nitrogens with zero attached hydrogens (tertiary/aromatic N) is 4. The van der Waals surface area contributed by atoms with Gasteiger partial charge in [-0.05, 0) is 81.5 Å². The molecule has 2 heterocycles. The molecule has 5 rings (SSSR count). The maximum Gasteiger partial charge on any atom is 0.239 e. The minimum absolute atomic E-state index is 0.0922. The zero-order chi connectivity index (χ0) is 28.3. The number of hydrogen-bond donors (Lipinski definition) is 1. The Morgan fingerprint density at radius 3 is 2.50 bits per heavy atom. The fourth-order valence-corrected chi connectivity index (χ4v) is 6.61. The predicted octanol–water partition coefficient (Wildman–Crippen LogP) is 5.21. The Morgan fingerprint density at radius 1 is 1.05 bits per heavy atom. The molecule has 1 fully saturated rings. The SMILES string of the molecule is CNS(=O)(=O)C[C@H]1CC[C@H](N(C)c2ncnc3c2ccn3C(=O)C(C)c2cccc(Oc3ccccc3)c2)CC1. The van der Waals surface area contributed by atoms with Gasteiger partial charge >= 0.3 is 0 Å². The molecule has 40 heavy (non-hydrogen) atoms. The van der Waals surface area contributed by atoms with E-state index in [9.17, 15) is 13.2 Å². The Balaban J connectivity index is 1.31. The first-order valence-corrected chi connectivity index (χ1v) is 15.2. The topological polar surface area (TPSA) is 106 Å². The van der Waals surface area contributed by atoms with Gasteiger partial charge in [-0.25, -0.2) is 23.1 Å². The number of anilines is 1. The third-order valence-electron chi connectivity index (χ3n) is 7.87. The molecule has 1 aliphatic carbocycles. The molecule has 1 atom stereocenters. The third-order valence-corrected chi connectivity index (χ3v) is 9.40. The summed E-state index contributed by atoms with van der Waals surface area (Å²) in [4.78, 5) is 24.8. The molecule has 0 saturated heterocycles. The van der Waals surface area contributed by atoms with Crippen LogP contribution in [-0.2, 0) is 10.0 Å². The number of benzene rings is 2. The van der Waals surface area contributed by atoms with Crippen LogP contribution < -0.4 is 14.4 Å². The summed E-state index contributed by atoms with van der Waals surface area (Å²) < 4.78 is 33.9. The zero-order valence-corrected chi connectivity index (χ0v) is 23.8. The summed E-state index contributed by atoms with van der Waals surface area (Å²) in [6, 6.07) is 19.3. The van der Waals surface area contributed by atoms with E-state index < -0.39 is 15.9 Å². The quantitative estimate of drug-likeness (QED) is 0.299.